The zero-order valence-electron chi connectivity index (χ0n) is 9.53. The summed E-state index contributed by atoms with van der Waals surface area (Å²) in [7, 11) is 0. The van der Waals surface area contributed by atoms with Crippen LogP contribution in [0.3, 0.4) is 0 Å². The molecular formula is C13H19ClN2. The average Bonchev–Trinajstić information content (AvgIpc) is 2.31. The van der Waals surface area contributed by atoms with Gasteiger partial charge in [-0.25, -0.2) is 0 Å². The summed E-state index contributed by atoms with van der Waals surface area (Å²) >= 11 is 5.78. The van der Waals surface area contributed by atoms with Crippen molar-refractivity contribution in [2.24, 2.45) is 0 Å². The molecule has 1 aromatic rings. The van der Waals surface area contributed by atoms with E-state index in [4.69, 9.17) is 11.6 Å². The Bertz CT molecular complexity index is 300. The predicted octanol–water partition coefficient (Wildman–Crippen LogP) is 1.74. The molecule has 88 valence electrons. The number of hydrogen-bond donors (Lipinski definition) is 1. The van der Waals surface area contributed by atoms with Crippen LogP contribution < -0.4 is 5.32 Å². The molecule has 1 aliphatic heterocycles. The molecule has 1 fully saturated rings. The van der Waals surface area contributed by atoms with Gasteiger partial charge in [0, 0.05) is 38.1 Å². The summed E-state index contributed by atoms with van der Waals surface area (Å²) in [5, 5.41) is 3.57. The lowest BCUT2D eigenvalue weighted by atomic mass is 10.0. The number of rotatable bonds is 4. The molecule has 2 nitrogen and oxygen atoms in total. The van der Waals surface area contributed by atoms with Crippen molar-refractivity contribution in [3.8, 4) is 0 Å². The second kappa shape index (κ2) is 6.24. The number of halogens is 1. The van der Waals surface area contributed by atoms with E-state index in [0.29, 0.717) is 6.04 Å². The number of alkyl halides is 1. The fourth-order valence-corrected chi connectivity index (χ4v) is 2.49. The second-order valence-corrected chi connectivity index (χ2v) is 4.71. The van der Waals surface area contributed by atoms with E-state index in [0.717, 1.165) is 38.5 Å². The van der Waals surface area contributed by atoms with E-state index in [-0.39, 0.29) is 0 Å². The first-order valence-corrected chi connectivity index (χ1v) is 6.47. The van der Waals surface area contributed by atoms with Crippen LogP contribution in [0.25, 0.3) is 0 Å². The normalized spacial score (nSPS) is 22.2. The molecule has 1 unspecified atom stereocenters. The summed E-state index contributed by atoms with van der Waals surface area (Å²) in [5.74, 6) is 0.734. The summed E-state index contributed by atoms with van der Waals surface area (Å²) in [6.45, 7) is 4.32. The number of piperazine rings is 1. The number of nitrogens with zero attached hydrogens (tertiary/aromatic N) is 1. The van der Waals surface area contributed by atoms with Gasteiger partial charge in [0.25, 0.3) is 0 Å². The van der Waals surface area contributed by atoms with E-state index in [1.54, 1.807) is 0 Å². The number of nitrogens with one attached hydrogen (secondary N) is 1. The van der Waals surface area contributed by atoms with Gasteiger partial charge in [-0.15, -0.1) is 11.6 Å². The monoisotopic (exact) mass is 238 g/mol. The summed E-state index contributed by atoms with van der Waals surface area (Å²) in [6, 6.07) is 11.2. The second-order valence-electron chi connectivity index (χ2n) is 4.33. The van der Waals surface area contributed by atoms with Gasteiger partial charge in [0.15, 0.2) is 0 Å². The van der Waals surface area contributed by atoms with Crippen molar-refractivity contribution in [3.05, 3.63) is 35.9 Å². The van der Waals surface area contributed by atoms with Gasteiger partial charge in [0.1, 0.15) is 0 Å². The first-order chi connectivity index (χ1) is 7.88. The van der Waals surface area contributed by atoms with Crippen LogP contribution in [-0.2, 0) is 6.42 Å². The molecule has 3 heteroatoms. The minimum absolute atomic E-state index is 0.569. The Labute approximate surface area is 103 Å². The lowest BCUT2D eigenvalue weighted by Crippen LogP contribution is -2.51. The largest absolute Gasteiger partial charge is 0.311 e. The van der Waals surface area contributed by atoms with Gasteiger partial charge in [-0.3, -0.25) is 4.90 Å². The molecule has 0 aliphatic carbocycles. The number of hydrogen-bond acceptors (Lipinski definition) is 2. The van der Waals surface area contributed by atoms with E-state index >= 15 is 0 Å². The SMILES string of the molecule is ClCCN1CCNC(Cc2ccccc2)C1. The third-order valence-corrected chi connectivity index (χ3v) is 3.23. The zero-order valence-corrected chi connectivity index (χ0v) is 10.3. The highest BCUT2D eigenvalue weighted by molar-refractivity contribution is 6.18. The predicted molar refractivity (Wildman–Crippen MR) is 69.1 cm³/mol. The van der Waals surface area contributed by atoms with Crippen LogP contribution in [0.1, 0.15) is 5.56 Å². The van der Waals surface area contributed by atoms with Crippen molar-refractivity contribution >= 4 is 11.6 Å². The van der Waals surface area contributed by atoms with Crippen LogP contribution in [0.4, 0.5) is 0 Å². The van der Waals surface area contributed by atoms with Crippen molar-refractivity contribution in [2.75, 3.05) is 32.1 Å². The fourth-order valence-electron chi connectivity index (χ4n) is 2.25. The van der Waals surface area contributed by atoms with Crippen molar-refractivity contribution in [2.45, 2.75) is 12.5 Å². The van der Waals surface area contributed by atoms with Crippen LogP contribution in [-0.4, -0.2) is 43.0 Å². The molecular weight excluding hydrogens is 220 g/mol. The van der Waals surface area contributed by atoms with Gasteiger partial charge in [-0.05, 0) is 12.0 Å². The van der Waals surface area contributed by atoms with Crippen molar-refractivity contribution in [1.82, 2.24) is 10.2 Å². The maximum atomic E-state index is 5.78. The lowest BCUT2D eigenvalue weighted by molar-refractivity contribution is 0.209. The van der Waals surface area contributed by atoms with Crippen LogP contribution in [0.5, 0.6) is 0 Å². The Balaban J connectivity index is 1.85. The first-order valence-electron chi connectivity index (χ1n) is 5.94. The molecule has 0 aromatic heterocycles. The van der Waals surface area contributed by atoms with Gasteiger partial charge in [-0.1, -0.05) is 30.3 Å². The molecule has 0 radical (unpaired) electrons. The minimum atomic E-state index is 0.569. The lowest BCUT2D eigenvalue weighted by Gasteiger charge is -2.33. The molecule has 2 rings (SSSR count). The van der Waals surface area contributed by atoms with Crippen LogP contribution in [0, 0.1) is 0 Å². The summed E-state index contributed by atoms with van der Waals surface area (Å²) in [6.07, 6.45) is 1.11. The third-order valence-electron chi connectivity index (χ3n) is 3.07. The average molecular weight is 239 g/mol. The Morgan fingerprint density at radius 3 is 2.88 bits per heavy atom. The van der Waals surface area contributed by atoms with Crippen LogP contribution >= 0.6 is 11.6 Å². The molecule has 0 amide bonds. The molecule has 16 heavy (non-hydrogen) atoms. The van der Waals surface area contributed by atoms with E-state index < -0.39 is 0 Å². The van der Waals surface area contributed by atoms with E-state index in [1.807, 2.05) is 0 Å². The van der Waals surface area contributed by atoms with Crippen molar-refractivity contribution in [1.29, 1.82) is 0 Å². The molecule has 1 heterocycles. The minimum Gasteiger partial charge on any atom is -0.311 e. The first kappa shape index (κ1) is 11.9. The van der Waals surface area contributed by atoms with Gasteiger partial charge in [0.05, 0.1) is 0 Å². The Morgan fingerprint density at radius 2 is 2.12 bits per heavy atom. The van der Waals surface area contributed by atoms with Crippen LogP contribution in [0.15, 0.2) is 30.3 Å². The molecule has 0 spiro atoms. The smallest absolute Gasteiger partial charge is 0.0351 e. The maximum Gasteiger partial charge on any atom is 0.0351 e. The molecule has 1 atom stereocenters. The van der Waals surface area contributed by atoms with Crippen molar-refractivity contribution < 1.29 is 0 Å². The highest BCUT2D eigenvalue weighted by atomic mass is 35.5. The van der Waals surface area contributed by atoms with E-state index in [1.165, 1.54) is 5.56 Å². The van der Waals surface area contributed by atoms with Gasteiger partial charge in [0.2, 0.25) is 0 Å². The zero-order chi connectivity index (χ0) is 11.2. The molecule has 1 aliphatic rings. The Morgan fingerprint density at radius 1 is 1.31 bits per heavy atom. The number of benzene rings is 1. The van der Waals surface area contributed by atoms with Gasteiger partial charge < -0.3 is 5.32 Å². The standard InChI is InChI=1S/C13H19ClN2/c14-6-8-16-9-7-15-13(11-16)10-12-4-2-1-3-5-12/h1-5,13,15H,6-11H2. The quantitative estimate of drug-likeness (QED) is 0.804. The van der Waals surface area contributed by atoms with Gasteiger partial charge in [-0.2, -0.15) is 0 Å². The van der Waals surface area contributed by atoms with Crippen molar-refractivity contribution in [3.63, 3.8) is 0 Å². The molecule has 1 N–H and O–H groups in total. The molecule has 1 saturated heterocycles. The summed E-state index contributed by atoms with van der Waals surface area (Å²) in [4.78, 5) is 2.44. The molecule has 0 saturated carbocycles. The highest BCUT2D eigenvalue weighted by Gasteiger charge is 2.18. The van der Waals surface area contributed by atoms with E-state index in [2.05, 4.69) is 40.5 Å². The van der Waals surface area contributed by atoms with E-state index in [9.17, 15) is 0 Å². The molecule has 1 aromatic carbocycles. The Hall–Kier alpha value is -0.570. The fraction of sp³-hybridized carbons (Fsp3) is 0.538. The van der Waals surface area contributed by atoms with Crippen LogP contribution in [0.2, 0.25) is 0 Å². The topological polar surface area (TPSA) is 15.3 Å². The summed E-state index contributed by atoms with van der Waals surface area (Å²) < 4.78 is 0. The molecule has 0 bridgehead atoms. The van der Waals surface area contributed by atoms with Gasteiger partial charge >= 0.3 is 0 Å². The third kappa shape index (κ3) is 3.48. The maximum absolute atomic E-state index is 5.78. The summed E-state index contributed by atoms with van der Waals surface area (Å²) in [5.41, 5.74) is 1.41. The highest BCUT2D eigenvalue weighted by Crippen LogP contribution is 2.07. The Kier molecular flexibility index (Phi) is 4.64.